The Hall–Kier alpha value is -2.18. The van der Waals surface area contributed by atoms with Crippen molar-refractivity contribution in [2.75, 3.05) is 26.2 Å². The second-order valence-electron chi connectivity index (χ2n) is 7.69. The van der Waals surface area contributed by atoms with E-state index in [-0.39, 0.29) is 5.97 Å². The van der Waals surface area contributed by atoms with Crippen LogP contribution in [0.2, 0.25) is 0 Å². The molecule has 28 heavy (non-hydrogen) atoms. The molecule has 6 heteroatoms. The Morgan fingerprint density at radius 2 is 2.04 bits per heavy atom. The van der Waals surface area contributed by atoms with Crippen LogP contribution < -0.4 is 0 Å². The fraction of sp³-hybridized carbons (Fsp3) is 0.545. The lowest BCUT2D eigenvalue weighted by molar-refractivity contribution is 0.0515. The van der Waals surface area contributed by atoms with Gasteiger partial charge in [0.05, 0.1) is 6.61 Å². The molecule has 0 spiro atoms. The van der Waals surface area contributed by atoms with Gasteiger partial charge in [-0.2, -0.15) is 5.10 Å². The van der Waals surface area contributed by atoms with Crippen LogP contribution in [0.1, 0.15) is 47.6 Å². The summed E-state index contributed by atoms with van der Waals surface area (Å²) >= 11 is 0. The van der Waals surface area contributed by atoms with Gasteiger partial charge >= 0.3 is 5.97 Å². The van der Waals surface area contributed by atoms with Crippen LogP contribution in [0.25, 0.3) is 0 Å². The number of hydrogen-bond donors (Lipinski definition) is 0. The second kappa shape index (κ2) is 8.45. The first-order valence-corrected chi connectivity index (χ1v) is 10.5. The molecule has 1 aromatic carbocycles. The molecule has 150 valence electrons. The van der Waals surface area contributed by atoms with E-state index in [4.69, 9.17) is 4.74 Å². The minimum atomic E-state index is -0.287. The van der Waals surface area contributed by atoms with E-state index in [0.717, 1.165) is 51.3 Å². The summed E-state index contributed by atoms with van der Waals surface area (Å²) < 4.78 is 7.24. The van der Waals surface area contributed by atoms with Crippen LogP contribution in [-0.4, -0.2) is 57.8 Å². The van der Waals surface area contributed by atoms with Crippen molar-refractivity contribution in [1.82, 2.24) is 19.6 Å². The van der Waals surface area contributed by atoms with Crippen LogP contribution in [0.15, 0.2) is 30.3 Å². The smallest absolute Gasteiger partial charge is 0.359 e. The summed E-state index contributed by atoms with van der Waals surface area (Å²) in [6, 6.07) is 11.2. The lowest BCUT2D eigenvalue weighted by Crippen LogP contribution is -2.41. The van der Waals surface area contributed by atoms with Gasteiger partial charge in [-0.3, -0.25) is 14.5 Å². The van der Waals surface area contributed by atoms with Crippen LogP contribution >= 0.6 is 0 Å². The van der Waals surface area contributed by atoms with Gasteiger partial charge in [0.1, 0.15) is 0 Å². The van der Waals surface area contributed by atoms with E-state index in [1.165, 1.54) is 17.7 Å². The molecule has 2 aliphatic heterocycles. The maximum atomic E-state index is 12.4. The summed E-state index contributed by atoms with van der Waals surface area (Å²) in [5.41, 5.74) is 4.18. The van der Waals surface area contributed by atoms with Crippen LogP contribution in [0.3, 0.4) is 0 Å². The first kappa shape index (κ1) is 19.2. The predicted octanol–water partition coefficient (Wildman–Crippen LogP) is 2.71. The van der Waals surface area contributed by atoms with Crippen molar-refractivity contribution in [3.63, 3.8) is 0 Å². The Morgan fingerprint density at radius 3 is 2.79 bits per heavy atom. The molecule has 0 amide bonds. The zero-order chi connectivity index (χ0) is 19.5. The van der Waals surface area contributed by atoms with Gasteiger partial charge in [0.25, 0.3) is 0 Å². The van der Waals surface area contributed by atoms with Crippen molar-refractivity contribution in [3.8, 4) is 0 Å². The Labute approximate surface area is 167 Å². The SMILES string of the molecule is CCOC(=O)c1nn(CC)c2c1CN(C1CCN(Cc3ccccc3)C1)CC2. The van der Waals surface area contributed by atoms with Gasteiger partial charge in [0.15, 0.2) is 5.69 Å². The number of aryl methyl sites for hydroxylation is 1. The number of benzene rings is 1. The number of carbonyl (C=O) groups excluding carboxylic acids is 1. The number of rotatable bonds is 6. The summed E-state index contributed by atoms with van der Waals surface area (Å²) in [6.07, 6.45) is 2.13. The van der Waals surface area contributed by atoms with Crippen LogP contribution in [0, 0.1) is 0 Å². The number of aromatic nitrogens is 2. The van der Waals surface area contributed by atoms with Gasteiger partial charge in [-0.1, -0.05) is 30.3 Å². The quantitative estimate of drug-likeness (QED) is 0.719. The number of esters is 1. The fourth-order valence-corrected chi connectivity index (χ4v) is 4.54. The fourth-order valence-electron chi connectivity index (χ4n) is 4.54. The third kappa shape index (κ3) is 3.84. The van der Waals surface area contributed by atoms with Crippen molar-refractivity contribution < 1.29 is 9.53 Å². The summed E-state index contributed by atoms with van der Waals surface area (Å²) in [7, 11) is 0. The maximum Gasteiger partial charge on any atom is 0.359 e. The first-order valence-electron chi connectivity index (χ1n) is 10.5. The summed E-state index contributed by atoms with van der Waals surface area (Å²) in [4.78, 5) is 17.5. The normalized spacial score (nSPS) is 20.3. The third-order valence-corrected chi connectivity index (χ3v) is 5.94. The molecule has 4 rings (SSSR count). The van der Waals surface area contributed by atoms with Gasteiger partial charge in [-0.15, -0.1) is 0 Å². The molecule has 0 N–H and O–H groups in total. The Balaban J connectivity index is 1.45. The van der Waals surface area contributed by atoms with Gasteiger partial charge in [0, 0.05) is 63.0 Å². The minimum Gasteiger partial charge on any atom is -0.461 e. The standard InChI is InChI=1S/C22H30N4O2/c1-3-26-20-11-13-25(16-19(20)21(23-26)22(27)28-4-2)18-10-12-24(15-18)14-17-8-6-5-7-9-17/h5-9,18H,3-4,10-16H2,1-2H3. The molecule has 1 unspecified atom stereocenters. The molecule has 1 aromatic heterocycles. The van der Waals surface area contributed by atoms with Crippen molar-refractivity contribution >= 4 is 5.97 Å². The van der Waals surface area contributed by atoms with Gasteiger partial charge in [0.2, 0.25) is 0 Å². The predicted molar refractivity (Wildman–Crippen MR) is 108 cm³/mol. The molecule has 1 atom stereocenters. The maximum absolute atomic E-state index is 12.4. The summed E-state index contributed by atoms with van der Waals surface area (Å²) in [5.74, 6) is -0.287. The highest BCUT2D eigenvalue weighted by atomic mass is 16.5. The second-order valence-corrected chi connectivity index (χ2v) is 7.69. The lowest BCUT2D eigenvalue weighted by atomic mass is 10.0. The molecule has 0 saturated carbocycles. The number of ether oxygens (including phenoxy) is 1. The molecule has 1 fully saturated rings. The average molecular weight is 383 g/mol. The van der Waals surface area contributed by atoms with E-state index >= 15 is 0 Å². The largest absolute Gasteiger partial charge is 0.461 e. The topological polar surface area (TPSA) is 50.6 Å². The van der Waals surface area contributed by atoms with Crippen LogP contribution in [0.5, 0.6) is 0 Å². The molecule has 2 aliphatic rings. The number of fused-ring (bicyclic) bond motifs is 1. The molecular formula is C22H30N4O2. The van der Waals surface area contributed by atoms with Crippen LogP contribution in [0.4, 0.5) is 0 Å². The third-order valence-electron chi connectivity index (χ3n) is 5.94. The summed E-state index contributed by atoms with van der Waals surface area (Å²) in [5, 5.41) is 4.57. The highest BCUT2D eigenvalue weighted by molar-refractivity contribution is 5.89. The molecule has 2 aromatic rings. The van der Waals surface area contributed by atoms with E-state index < -0.39 is 0 Å². The molecule has 0 radical (unpaired) electrons. The highest BCUT2D eigenvalue weighted by Crippen LogP contribution is 2.28. The van der Waals surface area contributed by atoms with Gasteiger partial charge in [-0.25, -0.2) is 4.79 Å². The van der Waals surface area contributed by atoms with Crippen molar-refractivity contribution in [2.24, 2.45) is 0 Å². The first-order chi connectivity index (χ1) is 13.7. The average Bonchev–Trinajstić information content (AvgIpc) is 3.33. The molecule has 0 aliphatic carbocycles. The zero-order valence-electron chi connectivity index (χ0n) is 16.9. The number of hydrogen-bond acceptors (Lipinski definition) is 5. The van der Waals surface area contributed by atoms with Gasteiger partial charge < -0.3 is 4.74 Å². The number of nitrogens with zero attached hydrogens (tertiary/aromatic N) is 4. The molecule has 0 bridgehead atoms. The van der Waals surface area contributed by atoms with Crippen molar-refractivity contribution in [1.29, 1.82) is 0 Å². The van der Waals surface area contributed by atoms with Crippen molar-refractivity contribution in [2.45, 2.75) is 52.4 Å². The van der Waals surface area contributed by atoms with E-state index in [0.29, 0.717) is 18.3 Å². The zero-order valence-corrected chi connectivity index (χ0v) is 16.9. The molecule has 6 nitrogen and oxygen atoms in total. The Kier molecular flexibility index (Phi) is 5.78. The van der Waals surface area contributed by atoms with E-state index in [1.54, 1.807) is 0 Å². The van der Waals surface area contributed by atoms with E-state index in [2.05, 4.69) is 52.2 Å². The minimum absolute atomic E-state index is 0.287. The Bertz CT molecular complexity index is 817. The number of carbonyl (C=O) groups is 1. The Morgan fingerprint density at radius 1 is 1.21 bits per heavy atom. The molecular weight excluding hydrogens is 352 g/mol. The highest BCUT2D eigenvalue weighted by Gasteiger charge is 2.34. The number of likely N-dealkylation sites (tertiary alicyclic amines) is 1. The van der Waals surface area contributed by atoms with Crippen molar-refractivity contribution in [3.05, 3.63) is 52.8 Å². The van der Waals surface area contributed by atoms with Crippen LogP contribution in [-0.2, 0) is 30.8 Å². The van der Waals surface area contributed by atoms with Gasteiger partial charge in [-0.05, 0) is 25.8 Å². The molecule has 1 saturated heterocycles. The monoisotopic (exact) mass is 382 g/mol. The summed E-state index contributed by atoms with van der Waals surface area (Å²) in [6.45, 7) is 10.1. The van der Waals surface area contributed by atoms with E-state index in [9.17, 15) is 4.79 Å². The lowest BCUT2D eigenvalue weighted by Gasteiger charge is -2.32. The van der Waals surface area contributed by atoms with E-state index in [1.807, 2.05) is 11.6 Å². The molecule has 3 heterocycles.